The predicted molar refractivity (Wildman–Crippen MR) is 87.1 cm³/mol. The Balaban J connectivity index is 2.39. The molecule has 0 bridgehead atoms. The largest absolute Gasteiger partial charge is 0.479 e. The molecule has 0 aromatic heterocycles. The van der Waals surface area contributed by atoms with E-state index in [9.17, 15) is 19.5 Å². The fourth-order valence-corrected chi connectivity index (χ4v) is 2.15. The van der Waals surface area contributed by atoms with Crippen LogP contribution in [0.15, 0.2) is 24.3 Å². The second-order valence-corrected chi connectivity index (χ2v) is 5.62. The number of unbranched alkanes of at least 4 members (excludes halogenated alkanes) is 2. The van der Waals surface area contributed by atoms with Crippen LogP contribution in [0.2, 0.25) is 5.02 Å². The number of benzene rings is 1. The molecule has 126 valence electrons. The van der Waals surface area contributed by atoms with Crippen LogP contribution in [-0.4, -0.2) is 29.4 Å². The van der Waals surface area contributed by atoms with Crippen LogP contribution in [0.1, 0.15) is 44.2 Å². The molecule has 1 aromatic rings. The molecule has 1 rings (SSSR count). The van der Waals surface area contributed by atoms with Crippen LogP contribution in [0.3, 0.4) is 0 Å². The number of nitrogens with one attached hydrogen (secondary N) is 2. The second-order valence-electron chi connectivity index (χ2n) is 5.18. The molecule has 1 atom stereocenters. The fourth-order valence-electron chi connectivity index (χ4n) is 2.03. The van der Waals surface area contributed by atoms with E-state index in [0.717, 1.165) is 12.8 Å². The number of carboxylic acid groups (broad SMARTS) is 1. The van der Waals surface area contributed by atoms with Gasteiger partial charge in [0.1, 0.15) is 0 Å². The average molecular weight is 341 g/mol. The third-order valence-corrected chi connectivity index (χ3v) is 3.46. The number of rotatable bonds is 9. The van der Waals surface area contributed by atoms with E-state index in [1.807, 2.05) is 0 Å². The highest BCUT2D eigenvalue weighted by molar-refractivity contribution is 6.30. The maximum Gasteiger partial charge on any atom is 0.330 e. The molecule has 0 radical (unpaired) electrons. The molecule has 23 heavy (non-hydrogen) atoms. The van der Waals surface area contributed by atoms with Crippen molar-refractivity contribution >= 4 is 29.4 Å². The van der Waals surface area contributed by atoms with Gasteiger partial charge in [-0.15, -0.1) is 0 Å². The summed E-state index contributed by atoms with van der Waals surface area (Å²) in [6, 6.07) is 5.24. The standard InChI is InChI=1S/C16H21ClN2O4/c1-11(20)18-10-4-2-3-5-14(21)19-15(16(22)23)12-6-8-13(17)9-7-12/h6-9,15H,2-5,10H2,1H3,(H,18,20)(H,19,21)(H,22,23). The molecular formula is C16H21ClN2O4. The van der Waals surface area contributed by atoms with Gasteiger partial charge in [0.05, 0.1) is 0 Å². The molecule has 2 amide bonds. The molecule has 0 fully saturated rings. The third kappa shape index (κ3) is 7.65. The Morgan fingerprint density at radius 1 is 1.13 bits per heavy atom. The second kappa shape index (κ2) is 9.84. The molecule has 0 heterocycles. The van der Waals surface area contributed by atoms with Gasteiger partial charge in [-0.05, 0) is 30.5 Å². The lowest BCUT2D eigenvalue weighted by molar-refractivity contribution is -0.142. The SMILES string of the molecule is CC(=O)NCCCCCC(=O)NC(C(=O)O)c1ccc(Cl)cc1. The van der Waals surface area contributed by atoms with Gasteiger partial charge in [-0.1, -0.05) is 30.2 Å². The molecule has 0 saturated heterocycles. The van der Waals surface area contributed by atoms with Crippen LogP contribution in [0.5, 0.6) is 0 Å². The highest BCUT2D eigenvalue weighted by atomic mass is 35.5. The lowest BCUT2D eigenvalue weighted by atomic mass is 10.1. The Morgan fingerprint density at radius 3 is 2.35 bits per heavy atom. The van der Waals surface area contributed by atoms with E-state index in [-0.39, 0.29) is 18.2 Å². The monoisotopic (exact) mass is 340 g/mol. The highest BCUT2D eigenvalue weighted by Gasteiger charge is 2.21. The van der Waals surface area contributed by atoms with Gasteiger partial charge >= 0.3 is 5.97 Å². The summed E-state index contributed by atoms with van der Waals surface area (Å²) in [6.45, 7) is 2.04. The first kappa shape index (κ1) is 19.0. The van der Waals surface area contributed by atoms with Gasteiger partial charge in [-0.3, -0.25) is 9.59 Å². The van der Waals surface area contributed by atoms with Crippen LogP contribution in [0.4, 0.5) is 0 Å². The van der Waals surface area contributed by atoms with Crippen molar-refractivity contribution in [1.82, 2.24) is 10.6 Å². The van der Waals surface area contributed by atoms with E-state index in [1.165, 1.54) is 6.92 Å². The molecule has 0 saturated carbocycles. The van der Waals surface area contributed by atoms with E-state index in [1.54, 1.807) is 24.3 Å². The van der Waals surface area contributed by atoms with Crippen LogP contribution >= 0.6 is 11.6 Å². The molecule has 7 heteroatoms. The molecule has 0 spiro atoms. The summed E-state index contributed by atoms with van der Waals surface area (Å²) in [5.74, 6) is -1.51. The van der Waals surface area contributed by atoms with E-state index in [0.29, 0.717) is 23.6 Å². The number of carboxylic acids is 1. The molecule has 0 aliphatic carbocycles. The Bertz CT molecular complexity index is 546. The van der Waals surface area contributed by atoms with Gasteiger partial charge < -0.3 is 15.7 Å². The molecular weight excluding hydrogens is 320 g/mol. The van der Waals surface area contributed by atoms with Crippen molar-refractivity contribution in [3.63, 3.8) is 0 Å². The number of halogens is 1. The Labute approximate surface area is 140 Å². The summed E-state index contributed by atoms with van der Waals surface area (Å²) < 4.78 is 0. The van der Waals surface area contributed by atoms with Crippen molar-refractivity contribution in [2.24, 2.45) is 0 Å². The van der Waals surface area contributed by atoms with E-state index in [4.69, 9.17) is 11.6 Å². The lowest BCUT2D eigenvalue weighted by Crippen LogP contribution is -2.33. The normalized spacial score (nSPS) is 11.6. The number of hydrogen-bond acceptors (Lipinski definition) is 3. The number of carbonyl (C=O) groups excluding carboxylic acids is 2. The topological polar surface area (TPSA) is 95.5 Å². The zero-order valence-corrected chi connectivity index (χ0v) is 13.7. The van der Waals surface area contributed by atoms with E-state index < -0.39 is 12.0 Å². The summed E-state index contributed by atoms with van der Waals surface area (Å²) in [5, 5.41) is 14.9. The van der Waals surface area contributed by atoms with Gasteiger partial charge in [-0.2, -0.15) is 0 Å². The maximum absolute atomic E-state index is 11.9. The Morgan fingerprint density at radius 2 is 1.78 bits per heavy atom. The zero-order valence-electron chi connectivity index (χ0n) is 13.0. The molecule has 1 aromatic carbocycles. The molecule has 0 aliphatic heterocycles. The minimum absolute atomic E-state index is 0.0741. The van der Waals surface area contributed by atoms with Gasteiger partial charge in [-0.25, -0.2) is 4.79 Å². The van der Waals surface area contributed by atoms with Crippen molar-refractivity contribution in [2.45, 2.75) is 38.6 Å². The van der Waals surface area contributed by atoms with Crippen molar-refractivity contribution in [3.8, 4) is 0 Å². The Kier molecular flexibility index (Phi) is 8.11. The number of hydrogen-bond donors (Lipinski definition) is 3. The summed E-state index contributed by atoms with van der Waals surface area (Å²) in [5.41, 5.74) is 0.473. The van der Waals surface area contributed by atoms with E-state index >= 15 is 0 Å². The number of amides is 2. The first-order chi connectivity index (χ1) is 10.9. The molecule has 0 aliphatic rings. The first-order valence-corrected chi connectivity index (χ1v) is 7.80. The average Bonchev–Trinajstić information content (AvgIpc) is 2.49. The zero-order chi connectivity index (χ0) is 17.2. The van der Waals surface area contributed by atoms with Gasteiger partial charge in [0.15, 0.2) is 6.04 Å². The molecule has 1 unspecified atom stereocenters. The summed E-state index contributed by atoms with van der Waals surface area (Å²) in [7, 11) is 0. The number of aliphatic carboxylic acids is 1. The minimum atomic E-state index is -1.12. The first-order valence-electron chi connectivity index (χ1n) is 7.42. The summed E-state index contributed by atoms with van der Waals surface area (Å²) in [6.07, 6.45) is 2.45. The quantitative estimate of drug-likeness (QED) is 0.601. The van der Waals surface area contributed by atoms with Crippen LogP contribution in [0.25, 0.3) is 0 Å². The maximum atomic E-state index is 11.9. The predicted octanol–water partition coefficient (Wildman–Crippen LogP) is 2.28. The lowest BCUT2D eigenvalue weighted by Gasteiger charge is -2.15. The fraction of sp³-hybridized carbons (Fsp3) is 0.438. The van der Waals surface area contributed by atoms with Crippen molar-refractivity contribution in [2.75, 3.05) is 6.54 Å². The number of carbonyl (C=O) groups is 3. The van der Waals surface area contributed by atoms with Crippen LogP contribution < -0.4 is 10.6 Å². The van der Waals surface area contributed by atoms with Gasteiger partial charge in [0.2, 0.25) is 11.8 Å². The van der Waals surface area contributed by atoms with Crippen molar-refractivity contribution < 1.29 is 19.5 Å². The van der Waals surface area contributed by atoms with Crippen molar-refractivity contribution in [1.29, 1.82) is 0 Å². The smallest absolute Gasteiger partial charge is 0.330 e. The van der Waals surface area contributed by atoms with Gasteiger partial charge in [0, 0.05) is 24.9 Å². The highest BCUT2D eigenvalue weighted by Crippen LogP contribution is 2.17. The molecule has 3 N–H and O–H groups in total. The van der Waals surface area contributed by atoms with Crippen LogP contribution in [0, 0.1) is 0 Å². The van der Waals surface area contributed by atoms with E-state index in [2.05, 4.69) is 10.6 Å². The minimum Gasteiger partial charge on any atom is -0.479 e. The van der Waals surface area contributed by atoms with Gasteiger partial charge in [0.25, 0.3) is 0 Å². The molecule has 6 nitrogen and oxygen atoms in total. The van der Waals surface area contributed by atoms with Crippen LogP contribution in [-0.2, 0) is 14.4 Å². The third-order valence-electron chi connectivity index (χ3n) is 3.21. The summed E-state index contributed by atoms with van der Waals surface area (Å²) >= 11 is 5.77. The Hall–Kier alpha value is -2.08. The van der Waals surface area contributed by atoms with Crippen molar-refractivity contribution in [3.05, 3.63) is 34.9 Å². The summed E-state index contributed by atoms with van der Waals surface area (Å²) in [4.78, 5) is 33.9.